The number of carbonyl (C=O) groups is 2. The third-order valence-corrected chi connectivity index (χ3v) is 2.21. The summed E-state index contributed by atoms with van der Waals surface area (Å²) in [5.74, 6) is -0.820. The molecule has 0 aliphatic carbocycles. The number of rotatable bonds is 4. The van der Waals surface area contributed by atoms with Gasteiger partial charge in [-0.25, -0.2) is 0 Å². The Bertz CT molecular complexity index is 432. The Balaban J connectivity index is 3.31. The lowest BCUT2D eigenvalue weighted by Gasteiger charge is -2.10. The van der Waals surface area contributed by atoms with Crippen LogP contribution in [0.15, 0.2) is 12.1 Å². The predicted octanol–water partition coefficient (Wildman–Crippen LogP) is 2.96. The highest BCUT2D eigenvalue weighted by atomic mass is 35.5. The second kappa shape index (κ2) is 5.03. The Hall–Kier alpha value is -1.49. The standard InChI is InChI=1S/C10H7ClF2O3/c1-5(15)8-6(4-14)2-3-7(9(8)11)16-10(12)13/h2-4,10H,1H3. The van der Waals surface area contributed by atoms with Gasteiger partial charge >= 0.3 is 6.61 Å². The van der Waals surface area contributed by atoms with Crippen molar-refractivity contribution in [1.82, 2.24) is 0 Å². The van der Waals surface area contributed by atoms with E-state index in [0.717, 1.165) is 6.07 Å². The Morgan fingerprint density at radius 3 is 2.56 bits per heavy atom. The molecule has 0 radical (unpaired) electrons. The summed E-state index contributed by atoms with van der Waals surface area (Å²) >= 11 is 5.69. The van der Waals surface area contributed by atoms with Gasteiger partial charge in [-0.15, -0.1) is 0 Å². The largest absolute Gasteiger partial charge is 0.433 e. The monoisotopic (exact) mass is 248 g/mol. The third kappa shape index (κ3) is 2.55. The molecule has 3 nitrogen and oxygen atoms in total. The summed E-state index contributed by atoms with van der Waals surface area (Å²) < 4.78 is 28.1. The van der Waals surface area contributed by atoms with E-state index in [-0.39, 0.29) is 21.9 Å². The van der Waals surface area contributed by atoms with Crippen molar-refractivity contribution >= 4 is 23.7 Å². The van der Waals surface area contributed by atoms with Crippen LogP contribution in [-0.4, -0.2) is 18.7 Å². The fourth-order valence-corrected chi connectivity index (χ4v) is 1.56. The first-order chi connectivity index (χ1) is 7.47. The van der Waals surface area contributed by atoms with Crippen LogP contribution in [0, 0.1) is 0 Å². The van der Waals surface area contributed by atoms with Gasteiger partial charge in [0, 0.05) is 5.56 Å². The molecule has 0 saturated carbocycles. The number of ketones is 1. The molecule has 0 unspecified atom stereocenters. The van der Waals surface area contributed by atoms with Crippen LogP contribution >= 0.6 is 11.6 Å². The van der Waals surface area contributed by atoms with E-state index in [1.54, 1.807) is 0 Å². The van der Waals surface area contributed by atoms with Crippen LogP contribution in [0.4, 0.5) is 8.78 Å². The number of hydrogen-bond acceptors (Lipinski definition) is 3. The van der Waals surface area contributed by atoms with Gasteiger partial charge in [0.2, 0.25) is 0 Å². The van der Waals surface area contributed by atoms with Crippen molar-refractivity contribution < 1.29 is 23.1 Å². The summed E-state index contributed by atoms with van der Waals surface area (Å²) in [4.78, 5) is 21.8. The molecule has 0 bridgehead atoms. The van der Waals surface area contributed by atoms with Crippen LogP contribution in [0.25, 0.3) is 0 Å². The first-order valence-electron chi connectivity index (χ1n) is 4.20. The normalized spacial score (nSPS) is 10.3. The van der Waals surface area contributed by atoms with Crippen LogP contribution in [0.2, 0.25) is 5.02 Å². The minimum Gasteiger partial charge on any atom is -0.433 e. The van der Waals surface area contributed by atoms with Crippen LogP contribution in [0.5, 0.6) is 5.75 Å². The molecule has 0 aliphatic rings. The molecule has 0 aromatic heterocycles. The van der Waals surface area contributed by atoms with Gasteiger partial charge in [-0.05, 0) is 19.1 Å². The molecule has 16 heavy (non-hydrogen) atoms. The van der Waals surface area contributed by atoms with Crippen molar-refractivity contribution in [2.24, 2.45) is 0 Å². The summed E-state index contributed by atoms with van der Waals surface area (Å²) in [5, 5.41) is -0.280. The zero-order valence-electron chi connectivity index (χ0n) is 8.17. The summed E-state index contributed by atoms with van der Waals surface area (Å²) in [6.07, 6.45) is 0.425. The van der Waals surface area contributed by atoms with E-state index in [0.29, 0.717) is 6.29 Å². The molecule has 0 spiro atoms. The first-order valence-corrected chi connectivity index (χ1v) is 4.58. The molecule has 0 amide bonds. The van der Waals surface area contributed by atoms with Gasteiger partial charge < -0.3 is 4.74 Å². The third-order valence-electron chi connectivity index (χ3n) is 1.83. The molecule has 0 N–H and O–H groups in total. The number of Topliss-reactive ketones (excluding diaryl/α,β-unsaturated/α-hetero) is 1. The second-order valence-electron chi connectivity index (χ2n) is 2.89. The Kier molecular flexibility index (Phi) is 3.95. The minimum absolute atomic E-state index is 0.0408. The second-order valence-corrected chi connectivity index (χ2v) is 3.27. The van der Waals surface area contributed by atoms with Crippen molar-refractivity contribution in [2.75, 3.05) is 0 Å². The summed E-state index contributed by atoms with van der Waals surface area (Å²) in [6.45, 7) is -1.86. The number of alkyl halides is 2. The van der Waals surface area contributed by atoms with Gasteiger partial charge in [0.25, 0.3) is 0 Å². The molecule has 1 aromatic carbocycles. The summed E-state index contributed by atoms with van der Waals surface area (Å²) in [6, 6.07) is 2.32. The van der Waals surface area contributed by atoms with E-state index in [2.05, 4.69) is 4.74 Å². The minimum atomic E-state index is -3.04. The van der Waals surface area contributed by atoms with Gasteiger partial charge in [-0.2, -0.15) is 8.78 Å². The molecular formula is C10H7ClF2O3. The van der Waals surface area contributed by atoms with Crippen LogP contribution in [-0.2, 0) is 0 Å². The maximum absolute atomic E-state index is 12.0. The summed E-state index contributed by atoms with van der Waals surface area (Å²) in [5.41, 5.74) is -0.0751. The van der Waals surface area contributed by atoms with Crippen molar-refractivity contribution in [3.05, 3.63) is 28.3 Å². The van der Waals surface area contributed by atoms with E-state index in [1.807, 2.05) is 0 Å². The molecule has 0 fully saturated rings. The zero-order chi connectivity index (χ0) is 12.3. The van der Waals surface area contributed by atoms with Crippen LogP contribution in [0.3, 0.4) is 0 Å². The lowest BCUT2D eigenvalue weighted by Crippen LogP contribution is -2.06. The molecule has 1 rings (SSSR count). The van der Waals surface area contributed by atoms with E-state index in [9.17, 15) is 18.4 Å². The smallest absolute Gasteiger partial charge is 0.387 e. The number of ether oxygens (including phenoxy) is 1. The Morgan fingerprint density at radius 2 is 2.12 bits per heavy atom. The maximum atomic E-state index is 12.0. The molecule has 86 valence electrons. The van der Waals surface area contributed by atoms with Crippen molar-refractivity contribution in [1.29, 1.82) is 0 Å². The molecule has 1 aromatic rings. The SMILES string of the molecule is CC(=O)c1c(C=O)ccc(OC(F)F)c1Cl. The lowest BCUT2D eigenvalue weighted by atomic mass is 10.0. The number of carbonyl (C=O) groups excluding carboxylic acids is 2. The molecular weight excluding hydrogens is 242 g/mol. The molecule has 0 saturated heterocycles. The van der Waals surface area contributed by atoms with Gasteiger partial charge in [0.15, 0.2) is 12.1 Å². The maximum Gasteiger partial charge on any atom is 0.387 e. The molecule has 0 heterocycles. The average Bonchev–Trinajstić information content (AvgIpc) is 2.19. The van der Waals surface area contributed by atoms with Gasteiger partial charge in [0.05, 0.1) is 10.6 Å². The van der Waals surface area contributed by atoms with Crippen molar-refractivity contribution in [3.63, 3.8) is 0 Å². The van der Waals surface area contributed by atoms with Crippen molar-refractivity contribution in [3.8, 4) is 5.75 Å². The summed E-state index contributed by atoms with van der Waals surface area (Å²) in [7, 11) is 0. The van der Waals surface area contributed by atoms with E-state index in [1.165, 1.54) is 13.0 Å². The van der Waals surface area contributed by atoms with Gasteiger partial charge in [0.1, 0.15) is 5.75 Å². The quantitative estimate of drug-likeness (QED) is 0.608. The molecule has 0 atom stereocenters. The molecule has 6 heteroatoms. The topological polar surface area (TPSA) is 43.4 Å². The number of halogens is 3. The van der Waals surface area contributed by atoms with Crippen LogP contribution in [0.1, 0.15) is 27.6 Å². The average molecular weight is 249 g/mol. The Labute approximate surface area is 95.0 Å². The van der Waals surface area contributed by atoms with Crippen LogP contribution < -0.4 is 4.74 Å². The zero-order valence-corrected chi connectivity index (χ0v) is 8.92. The highest BCUT2D eigenvalue weighted by Gasteiger charge is 2.18. The first kappa shape index (κ1) is 12.6. The lowest BCUT2D eigenvalue weighted by molar-refractivity contribution is -0.0498. The fourth-order valence-electron chi connectivity index (χ4n) is 1.21. The highest BCUT2D eigenvalue weighted by molar-refractivity contribution is 6.36. The van der Waals surface area contributed by atoms with E-state index < -0.39 is 12.4 Å². The van der Waals surface area contributed by atoms with Gasteiger partial charge in [-0.1, -0.05) is 11.6 Å². The number of benzene rings is 1. The fraction of sp³-hybridized carbons (Fsp3) is 0.200. The van der Waals surface area contributed by atoms with E-state index >= 15 is 0 Å². The van der Waals surface area contributed by atoms with E-state index in [4.69, 9.17) is 11.6 Å². The number of aldehydes is 1. The predicted molar refractivity (Wildman–Crippen MR) is 53.5 cm³/mol. The highest BCUT2D eigenvalue weighted by Crippen LogP contribution is 2.31. The van der Waals surface area contributed by atoms with Gasteiger partial charge in [-0.3, -0.25) is 9.59 Å². The Morgan fingerprint density at radius 1 is 1.50 bits per heavy atom. The molecule has 0 aliphatic heterocycles. The number of hydrogen-bond donors (Lipinski definition) is 0. The van der Waals surface area contributed by atoms with Crippen molar-refractivity contribution in [2.45, 2.75) is 13.5 Å².